The van der Waals surface area contributed by atoms with Gasteiger partial charge in [0.15, 0.2) is 0 Å². The number of anilines is 1. The molecule has 1 heterocycles. The van der Waals surface area contributed by atoms with Crippen LogP contribution in [0.25, 0.3) is 0 Å². The lowest BCUT2D eigenvalue weighted by molar-refractivity contribution is 0.122. The molecule has 0 aromatic heterocycles. The molecule has 16 heavy (non-hydrogen) atoms. The summed E-state index contributed by atoms with van der Waals surface area (Å²) in [6.45, 7) is 3.06. The second-order valence-electron chi connectivity index (χ2n) is 3.53. The maximum Gasteiger partial charge on any atom is 0.261 e. The van der Waals surface area contributed by atoms with Crippen molar-refractivity contribution >= 4 is 25.4 Å². The molecule has 0 N–H and O–H groups in total. The summed E-state index contributed by atoms with van der Waals surface area (Å²) in [4.78, 5) is 2.28. The van der Waals surface area contributed by atoms with E-state index in [0.29, 0.717) is 13.2 Å². The highest BCUT2D eigenvalue weighted by Crippen LogP contribution is 2.20. The molecule has 0 bridgehead atoms. The van der Waals surface area contributed by atoms with E-state index in [1.165, 1.54) is 12.1 Å². The fourth-order valence-corrected chi connectivity index (χ4v) is 2.41. The van der Waals surface area contributed by atoms with Crippen molar-refractivity contribution in [2.24, 2.45) is 0 Å². The largest absolute Gasteiger partial charge is 0.378 e. The van der Waals surface area contributed by atoms with Crippen molar-refractivity contribution in [3.05, 3.63) is 24.3 Å². The summed E-state index contributed by atoms with van der Waals surface area (Å²) >= 11 is 0. The van der Waals surface area contributed by atoms with E-state index in [9.17, 15) is 8.42 Å². The van der Waals surface area contributed by atoms with Crippen LogP contribution in [0.4, 0.5) is 5.69 Å². The Morgan fingerprint density at radius 2 is 1.69 bits per heavy atom. The summed E-state index contributed by atoms with van der Waals surface area (Å²) < 4.78 is 27.3. The Morgan fingerprint density at radius 1 is 1.12 bits per heavy atom. The molecule has 0 atom stereocenters. The van der Waals surface area contributed by atoms with Gasteiger partial charge in [-0.05, 0) is 24.3 Å². The van der Waals surface area contributed by atoms with E-state index in [2.05, 4.69) is 4.90 Å². The molecule has 0 aliphatic carbocycles. The summed E-state index contributed by atoms with van der Waals surface area (Å²) in [7, 11) is 1.61. The normalized spacial score (nSPS) is 17.4. The molecular weight excluding hydrogens is 250 g/mol. The van der Waals surface area contributed by atoms with Gasteiger partial charge in [0, 0.05) is 29.5 Å². The number of hydrogen-bond donors (Lipinski definition) is 0. The summed E-state index contributed by atoms with van der Waals surface area (Å²) in [5.74, 6) is 0. The van der Waals surface area contributed by atoms with Crippen molar-refractivity contribution in [3.8, 4) is 0 Å². The summed E-state index contributed by atoms with van der Waals surface area (Å²) in [6, 6.07) is 6.57. The number of rotatable bonds is 2. The van der Waals surface area contributed by atoms with Crippen LogP contribution in [0.1, 0.15) is 0 Å². The molecule has 6 heteroatoms. The van der Waals surface area contributed by atoms with Gasteiger partial charge in [-0.1, -0.05) is 0 Å². The quantitative estimate of drug-likeness (QED) is 0.756. The number of morpholine rings is 1. The zero-order valence-corrected chi connectivity index (χ0v) is 10.2. The number of halogens is 1. The van der Waals surface area contributed by atoms with Gasteiger partial charge < -0.3 is 9.64 Å². The van der Waals surface area contributed by atoms with Crippen LogP contribution in [-0.2, 0) is 13.8 Å². The minimum Gasteiger partial charge on any atom is -0.378 e. The van der Waals surface area contributed by atoms with E-state index in [4.69, 9.17) is 15.4 Å². The van der Waals surface area contributed by atoms with E-state index in [1.807, 2.05) is 0 Å². The molecule has 4 nitrogen and oxygen atoms in total. The Morgan fingerprint density at radius 3 is 2.19 bits per heavy atom. The van der Waals surface area contributed by atoms with Gasteiger partial charge in [-0.3, -0.25) is 0 Å². The van der Waals surface area contributed by atoms with E-state index in [1.54, 1.807) is 12.1 Å². The molecule has 88 valence electrons. The molecule has 1 saturated heterocycles. The molecule has 1 aromatic carbocycles. The molecule has 0 radical (unpaired) electrons. The Balaban J connectivity index is 2.18. The molecule has 2 rings (SSSR count). The smallest absolute Gasteiger partial charge is 0.261 e. The number of ether oxygens (including phenoxy) is 1. The topological polar surface area (TPSA) is 46.6 Å². The van der Waals surface area contributed by atoms with Crippen molar-refractivity contribution < 1.29 is 13.2 Å². The third-order valence-corrected chi connectivity index (χ3v) is 3.86. The first-order valence-corrected chi connectivity index (χ1v) is 7.26. The zero-order chi connectivity index (χ0) is 11.6. The van der Waals surface area contributed by atoms with Crippen LogP contribution in [0.5, 0.6) is 0 Å². The number of hydrogen-bond acceptors (Lipinski definition) is 4. The van der Waals surface area contributed by atoms with Crippen LogP contribution in [0, 0.1) is 0 Å². The lowest BCUT2D eigenvalue weighted by atomic mass is 10.2. The van der Waals surface area contributed by atoms with Crippen LogP contribution in [-0.4, -0.2) is 34.7 Å². The average molecular weight is 262 g/mol. The van der Waals surface area contributed by atoms with Gasteiger partial charge in [0.25, 0.3) is 9.05 Å². The van der Waals surface area contributed by atoms with E-state index in [-0.39, 0.29) is 4.90 Å². The average Bonchev–Trinajstić information content (AvgIpc) is 2.29. The van der Waals surface area contributed by atoms with Gasteiger partial charge in [-0.15, -0.1) is 0 Å². The van der Waals surface area contributed by atoms with E-state index >= 15 is 0 Å². The van der Waals surface area contributed by atoms with Gasteiger partial charge in [-0.2, -0.15) is 0 Å². The Kier molecular flexibility index (Phi) is 3.37. The minimum absolute atomic E-state index is 0.131. The molecule has 0 unspecified atom stereocenters. The third-order valence-electron chi connectivity index (χ3n) is 2.49. The predicted octanol–water partition coefficient (Wildman–Crippen LogP) is 1.45. The first-order chi connectivity index (χ1) is 7.57. The molecule has 0 amide bonds. The van der Waals surface area contributed by atoms with Crippen LogP contribution in [0.15, 0.2) is 29.2 Å². The van der Waals surface area contributed by atoms with Crippen LogP contribution in [0.3, 0.4) is 0 Å². The van der Waals surface area contributed by atoms with Gasteiger partial charge in [0.2, 0.25) is 0 Å². The summed E-state index contributed by atoms with van der Waals surface area (Å²) in [5.41, 5.74) is 0.993. The fourth-order valence-electron chi connectivity index (χ4n) is 1.64. The number of benzene rings is 1. The molecule has 1 aliphatic heterocycles. The van der Waals surface area contributed by atoms with Gasteiger partial charge in [0.05, 0.1) is 18.1 Å². The van der Waals surface area contributed by atoms with Gasteiger partial charge >= 0.3 is 0 Å². The third kappa shape index (κ3) is 2.66. The van der Waals surface area contributed by atoms with Crippen LogP contribution < -0.4 is 4.90 Å². The lowest BCUT2D eigenvalue weighted by Crippen LogP contribution is -2.36. The highest BCUT2D eigenvalue weighted by molar-refractivity contribution is 8.13. The van der Waals surface area contributed by atoms with Crippen LogP contribution in [0.2, 0.25) is 0 Å². The minimum atomic E-state index is -3.62. The fraction of sp³-hybridized carbons (Fsp3) is 0.400. The molecule has 1 aromatic rings. The Labute approximate surface area is 99.2 Å². The molecule has 1 fully saturated rings. The van der Waals surface area contributed by atoms with Crippen molar-refractivity contribution in [1.29, 1.82) is 0 Å². The molecule has 0 spiro atoms. The molecular formula is C10H12ClNO3S. The van der Waals surface area contributed by atoms with Gasteiger partial charge in [-0.25, -0.2) is 8.42 Å². The summed E-state index contributed by atoms with van der Waals surface area (Å²) in [6.07, 6.45) is 0. The van der Waals surface area contributed by atoms with Crippen molar-refractivity contribution in [3.63, 3.8) is 0 Å². The number of nitrogens with zero attached hydrogens (tertiary/aromatic N) is 1. The molecule has 1 aliphatic rings. The van der Waals surface area contributed by atoms with E-state index < -0.39 is 9.05 Å². The Bertz CT molecular complexity index is 451. The van der Waals surface area contributed by atoms with Crippen LogP contribution >= 0.6 is 10.7 Å². The SMILES string of the molecule is O=S(=O)(Cl)c1ccc(N2CCOCC2)cc1. The van der Waals surface area contributed by atoms with E-state index in [0.717, 1.165) is 18.8 Å². The maximum absolute atomic E-state index is 11.1. The highest BCUT2D eigenvalue weighted by atomic mass is 35.7. The predicted molar refractivity (Wildman–Crippen MR) is 62.5 cm³/mol. The zero-order valence-electron chi connectivity index (χ0n) is 8.60. The van der Waals surface area contributed by atoms with Crippen molar-refractivity contribution in [2.75, 3.05) is 31.2 Å². The second-order valence-corrected chi connectivity index (χ2v) is 6.10. The standard InChI is InChI=1S/C10H12ClNO3S/c11-16(13,14)10-3-1-9(2-4-10)12-5-7-15-8-6-12/h1-4H,5-8H2. The highest BCUT2D eigenvalue weighted by Gasteiger charge is 2.13. The monoisotopic (exact) mass is 261 g/mol. The summed E-state index contributed by atoms with van der Waals surface area (Å²) in [5, 5.41) is 0. The first-order valence-electron chi connectivity index (χ1n) is 4.95. The second kappa shape index (κ2) is 4.61. The molecule has 0 saturated carbocycles. The lowest BCUT2D eigenvalue weighted by Gasteiger charge is -2.28. The first kappa shape index (κ1) is 11.7. The van der Waals surface area contributed by atoms with Crippen molar-refractivity contribution in [2.45, 2.75) is 4.90 Å². The van der Waals surface area contributed by atoms with Crippen molar-refractivity contribution in [1.82, 2.24) is 0 Å². The maximum atomic E-state index is 11.1. The Hall–Kier alpha value is -0.780. The van der Waals surface area contributed by atoms with Gasteiger partial charge in [0.1, 0.15) is 0 Å².